The van der Waals surface area contributed by atoms with Crippen LogP contribution < -0.4 is 5.32 Å². The highest BCUT2D eigenvalue weighted by molar-refractivity contribution is 5.63. The van der Waals surface area contributed by atoms with Crippen LogP contribution in [-0.2, 0) is 20.1 Å². The molecule has 1 N–H and O–H groups in total. The van der Waals surface area contributed by atoms with Crippen LogP contribution in [0.3, 0.4) is 0 Å². The first kappa shape index (κ1) is 18.9. The topological polar surface area (TPSA) is 33.1 Å². The van der Waals surface area contributed by atoms with Gasteiger partial charge in [-0.1, -0.05) is 54.6 Å². The van der Waals surface area contributed by atoms with Crippen molar-refractivity contribution in [2.45, 2.75) is 31.8 Å². The molecule has 1 fully saturated rings. The maximum atomic E-state index is 4.80. The van der Waals surface area contributed by atoms with Gasteiger partial charge in [0.1, 0.15) is 0 Å². The van der Waals surface area contributed by atoms with Crippen LogP contribution in [0, 0.1) is 0 Å². The molecule has 0 atom stereocenters. The second kappa shape index (κ2) is 8.72. The molecule has 28 heavy (non-hydrogen) atoms. The highest BCUT2D eigenvalue weighted by atomic mass is 15.3. The zero-order valence-electron chi connectivity index (χ0n) is 16.9. The summed E-state index contributed by atoms with van der Waals surface area (Å²) in [5, 5.41) is 8.24. The monoisotopic (exact) mass is 374 g/mol. The zero-order valence-corrected chi connectivity index (χ0v) is 16.9. The van der Waals surface area contributed by atoms with E-state index in [0.717, 1.165) is 26.2 Å². The Balaban J connectivity index is 1.38. The largest absolute Gasteiger partial charge is 0.317 e. The quantitative estimate of drug-likeness (QED) is 0.702. The van der Waals surface area contributed by atoms with E-state index in [0.29, 0.717) is 5.92 Å². The van der Waals surface area contributed by atoms with Gasteiger partial charge in [0, 0.05) is 26.1 Å². The summed E-state index contributed by atoms with van der Waals surface area (Å²) >= 11 is 0. The third-order valence-corrected chi connectivity index (χ3v) is 5.70. The molecule has 1 aliphatic heterocycles. The Morgan fingerprint density at radius 1 is 0.964 bits per heavy atom. The minimum absolute atomic E-state index is 0.608. The van der Waals surface area contributed by atoms with Crippen molar-refractivity contribution in [1.82, 2.24) is 20.0 Å². The lowest BCUT2D eigenvalue weighted by atomic mass is 9.94. The second-order valence-electron chi connectivity index (χ2n) is 7.94. The lowest BCUT2D eigenvalue weighted by molar-refractivity contribution is 0.309. The van der Waals surface area contributed by atoms with Crippen molar-refractivity contribution < 1.29 is 0 Å². The molecule has 1 saturated heterocycles. The molecular formula is C24H30N4. The van der Waals surface area contributed by atoms with Crippen LogP contribution in [0.2, 0.25) is 0 Å². The maximum absolute atomic E-state index is 4.80. The van der Waals surface area contributed by atoms with E-state index in [1.165, 1.54) is 40.9 Å². The highest BCUT2D eigenvalue weighted by Crippen LogP contribution is 2.25. The molecule has 0 radical (unpaired) electrons. The Bertz CT molecular complexity index is 877. The molecule has 3 aromatic rings. The van der Waals surface area contributed by atoms with Gasteiger partial charge >= 0.3 is 0 Å². The fourth-order valence-corrected chi connectivity index (χ4v) is 4.07. The van der Waals surface area contributed by atoms with Crippen molar-refractivity contribution in [3.8, 4) is 11.1 Å². The number of benzene rings is 2. The van der Waals surface area contributed by atoms with Crippen molar-refractivity contribution in [3.63, 3.8) is 0 Å². The average molecular weight is 375 g/mol. The number of nitrogens with one attached hydrogen (secondary N) is 1. The van der Waals surface area contributed by atoms with Crippen molar-refractivity contribution in [3.05, 3.63) is 77.6 Å². The highest BCUT2D eigenvalue weighted by Gasteiger charge is 2.19. The summed E-state index contributed by atoms with van der Waals surface area (Å²) < 4.78 is 2.06. The number of hydrogen-bond acceptors (Lipinski definition) is 3. The van der Waals surface area contributed by atoms with Crippen LogP contribution in [0.1, 0.15) is 35.7 Å². The second-order valence-corrected chi connectivity index (χ2v) is 7.94. The van der Waals surface area contributed by atoms with Crippen LogP contribution in [-0.4, -0.2) is 34.8 Å². The molecule has 1 aliphatic rings. The fraction of sp³-hybridized carbons (Fsp3) is 0.375. The molecule has 1 aromatic heterocycles. The normalized spacial score (nSPS) is 15.2. The SMILES string of the molecule is CN(Cc1ccc(-c2ccccc2)cc1)Cc1cc(C2CCNCC2)nn1C. The zero-order chi connectivity index (χ0) is 19.3. The lowest BCUT2D eigenvalue weighted by Gasteiger charge is -2.20. The Morgan fingerprint density at radius 2 is 1.64 bits per heavy atom. The van der Waals surface area contributed by atoms with E-state index in [9.17, 15) is 0 Å². The summed E-state index contributed by atoms with van der Waals surface area (Å²) in [5.74, 6) is 0.608. The number of nitrogens with zero attached hydrogens (tertiary/aromatic N) is 3. The van der Waals surface area contributed by atoms with Crippen molar-refractivity contribution in [2.75, 3.05) is 20.1 Å². The molecule has 0 unspecified atom stereocenters. The molecule has 0 bridgehead atoms. The number of rotatable bonds is 6. The molecule has 0 spiro atoms. The maximum Gasteiger partial charge on any atom is 0.0659 e. The molecule has 4 nitrogen and oxygen atoms in total. The van der Waals surface area contributed by atoms with Gasteiger partial charge < -0.3 is 5.32 Å². The fourth-order valence-electron chi connectivity index (χ4n) is 4.07. The number of aryl methyl sites for hydroxylation is 1. The van der Waals surface area contributed by atoms with Crippen molar-refractivity contribution in [1.29, 1.82) is 0 Å². The molecule has 2 aromatic carbocycles. The van der Waals surface area contributed by atoms with E-state index in [2.05, 4.69) is 89.7 Å². The number of aromatic nitrogens is 2. The minimum Gasteiger partial charge on any atom is -0.317 e. The van der Waals surface area contributed by atoms with E-state index in [4.69, 9.17) is 5.10 Å². The Labute approximate surface area is 168 Å². The summed E-state index contributed by atoms with van der Waals surface area (Å²) in [6, 6.07) is 21.8. The molecule has 0 aliphatic carbocycles. The van der Waals surface area contributed by atoms with Crippen LogP contribution in [0.5, 0.6) is 0 Å². The minimum atomic E-state index is 0.608. The summed E-state index contributed by atoms with van der Waals surface area (Å²) in [5.41, 5.74) is 6.42. The van der Waals surface area contributed by atoms with Crippen molar-refractivity contribution in [2.24, 2.45) is 7.05 Å². The molecule has 4 rings (SSSR count). The first-order chi connectivity index (χ1) is 13.7. The molecule has 0 amide bonds. The Hall–Kier alpha value is -2.43. The third kappa shape index (κ3) is 4.51. The summed E-state index contributed by atoms with van der Waals surface area (Å²) in [6.45, 7) is 4.06. The van der Waals surface area contributed by atoms with Gasteiger partial charge in [-0.05, 0) is 55.7 Å². The molecular weight excluding hydrogens is 344 g/mol. The van der Waals surface area contributed by atoms with Gasteiger partial charge in [-0.3, -0.25) is 9.58 Å². The van der Waals surface area contributed by atoms with E-state index in [1.54, 1.807) is 0 Å². The third-order valence-electron chi connectivity index (χ3n) is 5.70. The first-order valence-corrected chi connectivity index (χ1v) is 10.3. The van der Waals surface area contributed by atoms with Crippen molar-refractivity contribution >= 4 is 0 Å². The van der Waals surface area contributed by atoms with E-state index < -0.39 is 0 Å². The Kier molecular flexibility index (Phi) is 5.89. The summed E-state index contributed by atoms with van der Waals surface area (Å²) in [6.07, 6.45) is 2.39. The van der Waals surface area contributed by atoms with Gasteiger partial charge in [-0.15, -0.1) is 0 Å². The van der Waals surface area contributed by atoms with Crippen LogP contribution >= 0.6 is 0 Å². The lowest BCUT2D eigenvalue weighted by Crippen LogP contribution is -2.26. The first-order valence-electron chi connectivity index (χ1n) is 10.3. The average Bonchev–Trinajstić information content (AvgIpc) is 3.10. The Morgan fingerprint density at radius 3 is 2.36 bits per heavy atom. The van der Waals surface area contributed by atoms with E-state index in [-0.39, 0.29) is 0 Å². The van der Waals surface area contributed by atoms with E-state index in [1.807, 2.05) is 0 Å². The van der Waals surface area contributed by atoms with Crippen LogP contribution in [0.15, 0.2) is 60.7 Å². The van der Waals surface area contributed by atoms with Crippen LogP contribution in [0.25, 0.3) is 11.1 Å². The van der Waals surface area contributed by atoms with Gasteiger partial charge in [0.15, 0.2) is 0 Å². The van der Waals surface area contributed by atoms with Gasteiger partial charge in [-0.2, -0.15) is 5.10 Å². The number of piperidine rings is 1. The molecule has 146 valence electrons. The molecule has 2 heterocycles. The van der Waals surface area contributed by atoms with E-state index >= 15 is 0 Å². The predicted molar refractivity (Wildman–Crippen MR) is 115 cm³/mol. The number of hydrogen-bond donors (Lipinski definition) is 1. The molecule has 0 saturated carbocycles. The predicted octanol–water partition coefficient (Wildman–Crippen LogP) is 4.19. The summed E-state index contributed by atoms with van der Waals surface area (Å²) in [4.78, 5) is 2.36. The van der Waals surface area contributed by atoms with Gasteiger partial charge in [0.05, 0.1) is 11.4 Å². The van der Waals surface area contributed by atoms with Gasteiger partial charge in [0.25, 0.3) is 0 Å². The standard InChI is InChI=1S/C24H30N4/c1-27(17-19-8-10-21(11-9-19)20-6-4-3-5-7-20)18-23-16-24(26-28(23)2)22-12-14-25-15-13-22/h3-11,16,22,25H,12-15,17-18H2,1-2H3. The smallest absolute Gasteiger partial charge is 0.0659 e. The molecule has 4 heteroatoms. The van der Waals surface area contributed by atoms with Crippen LogP contribution in [0.4, 0.5) is 0 Å². The van der Waals surface area contributed by atoms with Gasteiger partial charge in [-0.25, -0.2) is 0 Å². The summed E-state index contributed by atoms with van der Waals surface area (Å²) in [7, 11) is 4.25. The van der Waals surface area contributed by atoms with Gasteiger partial charge in [0.2, 0.25) is 0 Å².